The number of carbonyl (C=O) groups is 1. The quantitative estimate of drug-likeness (QED) is 0.632. The number of anilines is 4. The van der Waals surface area contributed by atoms with E-state index in [-0.39, 0.29) is 17.5 Å². The zero-order chi connectivity index (χ0) is 22.1. The Morgan fingerprint density at radius 3 is 2.84 bits per heavy atom. The highest BCUT2D eigenvalue weighted by molar-refractivity contribution is 6.10. The molecular weight excluding hydrogens is 400 g/mol. The van der Waals surface area contributed by atoms with Crippen LogP contribution in [0.5, 0.6) is 0 Å². The van der Waals surface area contributed by atoms with Crippen molar-refractivity contribution in [1.29, 1.82) is 0 Å². The van der Waals surface area contributed by atoms with Crippen molar-refractivity contribution in [3.8, 4) is 0 Å². The van der Waals surface area contributed by atoms with Crippen molar-refractivity contribution in [2.45, 2.75) is 32.2 Å². The Morgan fingerprint density at radius 2 is 2.13 bits per heavy atom. The standard InChI is InChI=1S/C23H25F2N5O/c1-13-8-21(31)29-18-4-3-5-19(22(18)28-13)30-7-6-14-9-16(15(11-26)12-27-2)17(23(24)25)10-20(14)30/h3-5,9-13,23,28H,6-8,26H2,1-2H3,(H,29,31)/b15-11+,27-12?/t13-/m1/s1. The van der Waals surface area contributed by atoms with Crippen LogP contribution in [-0.4, -0.2) is 31.8 Å². The molecule has 0 bridgehead atoms. The number of carbonyl (C=O) groups excluding carboxylic acids is 1. The topological polar surface area (TPSA) is 82.8 Å². The average Bonchev–Trinajstić information content (AvgIpc) is 3.07. The summed E-state index contributed by atoms with van der Waals surface area (Å²) in [7, 11) is 1.58. The van der Waals surface area contributed by atoms with E-state index in [0.29, 0.717) is 36.2 Å². The van der Waals surface area contributed by atoms with Crippen molar-refractivity contribution in [3.63, 3.8) is 0 Å². The van der Waals surface area contributed by atoms with Gasteiger partial charge in [0.05, 0.1) is 17.1 Å². The van der Waals surface area contributed by atoms with Crippen molar-refractivity contribution in [2.24, 2.45) is 10.7 Å². The SMILES string of the molecule is CN=C/C(=C\N)c1cc2c(cc1C(F)F)N(c1cccc3c1N[C@H](C)CC(=O)N3)CC2. The number of hydrogen-bond donors (Lipinski definition) is 3. The summed E-state index contributed by atoms with van der Waals surface area (Å²) < 4.78 is 28.0. The van der Waals surface area contributed by atoms with Gasteiger partial charge in [-0.3, -0.25) is 9.79 Å². The maximum absolute atomic E-state index is 14.0. The van der Waals surface area contributed by atoms with E-state index >= 15 is 0 Å². The Balaban J connectivity index is 1.83. The Bertz CT molecular complexity index is 1080. The lowest BCUT2D eigenvalue weighted by Crippen LogP contribution is -2.20. The number of benzene rings is 2. The summed E-state index contributed by atoms with van der Waals surface area (Å²) >= 11 is 0. The first-order chi connectivity index (χ1) is 14.9. The van der Waals surface area contributed by atoms with Gasteiger partial charge in [-0.1, -0.05) is 6.07 Å². The number of nitrogens with zero attached hydrogens (tertiary/aromatic N) is 2. The Kier molecular flexibility index (Phi) is 5.63. The smallest absolute Gasteiger partial charge is 0.264 e. The third kappa shape index (κ3) is 3.85. The van der Waals surface area contributed by atoms with Crippen molar-refractivity contribution < 1.29 is 13.6 Å². The van der Waals surface area contributed by atoms with Gasteiger partial charge in [0.1, 0.15) is 0 Å². The number of allylic oxidation sites excluding steroid dienone is 1. The first-order valence-corrected chi connectivity index (χ1v) is 10.2. The molecule has 1 atom stereocenters. The molecule has 0 fully saturated rings. The molecule has 1 amide bonds. The molecule has 2 aromatic carbocycles. The number of nitrogens with one attached hydrogen (secondary N) is 2. The molecule has 0 unspecified atom stereocenters. The van der Waals surface area contributed by atoms with E-state index in [9.17, 15) is 13.6 Å². The minimum atomic E-state index is -2.66. The van der Waals surface area contributed by atoms with E-state index < -0.39 is 6.43 Å². The fraction of sp³-hybridized carbons (Fsp3) is 0.304. The molecule has 0 radical (unpaired) electrons. The van der Waals surface area contributed by atoms with Crippen LogP contribution in [0.4, 0.5) is 31.5 Å². The van der Waals surface area contributed by atoms with Crippen LogP contribution in [0.1, 0.15) is 36.5 Å². The lowest BCUT2D eigenvalue weighted by Gasteiger charge is -2.26. The van der Waals surface area contributed by atoms with Gasteiger partial charge in [-0.15, -0.1) is 0 Å². The predicted octanol–water partition coefficient (Wildman–Crippen LogP) is 4.46. The third-order valence-electron chi connectivity index (χ3n) is 5.63. The summed E-state index contributed by atoms with van der Waals surface area (Å²) in [4.78, 5) is 18.1. The molecule has 0 spiro atoms. The van der Waals surface area contributed by atoms with Crippen LogP contribution in [0, 0.1) is 0 Å². The molecule has 2 heterocycles. The Morgan fingerprint density at radius 1 is 1.32 bits per heavy atom. The van der Waals surface area contributed by atoms with E-state index in [0.717, 1.165) is 22.6 Å². The van der Waals surface area contributed by atoms with E-state index in [1.165, 1.54) is 12.4 Å². The number of fused-ring (bicyclic) bond motifs is 2. The lowest BCUT2D eigenvalue weighted by molar-refractivity contribution is -0.116. The monoisotopic (exact) mass is 425 g/mol. The predicted molar refractivity (Wildman–Crippen MR) is 121 cm³/mol. The highest BCUT2D eigenvalue weighted by Gasteiger charge is 2.29. The zero-order valence-electron chi connectivity index (χ0n) is 17.5. The van der Waals surface area contributed by atoms with Crippen molar-refractivity contribution in [2.75, 3.05) is 29.1 Å². The van der Waals surface area contributed by atoms with Gasteiger partial charge in [0.2, 0.25) is 5.91 Å². The number of nitrogens with two attached hydrogens (primary N) is 1. The van der Waals surface area contributed by atoms with Crippen LogP contribution in [0.3, 0.4) is 0 Å². The highest BCUT2D eigenvalue weighted by Crippen LogP contribution is 2.45. The first kappa shape index (κ1) is 20.8. The van der Waals surface area contributed by atoms with Gasteiger partial charge in [-0.05, 0) is 48.7 Å². The molecule has 2 aliphatic heterocycles. The number of amides is 1. The maximum atomic E-state index is 14.0. The van der Waals surface area contributed by atoms with Crippen LogP contribution in [0.25, 0.3) is 5.57 Å². The normalized spacial score (nSPS) is 18.6. The second-order valence-corrected chi connectivity index (χ2v) is 7.78. The van der Waals surface area contributed by atoms with Gasteiger partial charge in [0.15, 0.2) is 0 Å². The average molecular weight is 425 g/mol. The van der Waals surface area contributed by atoms with Gasteiger partial charge in [-0.2, -0.15) is 0 Å². The van der Waals surface area contributed by atoms with Gasteiger partial charge in [0, 0.05) is 55.3 Å². The van der Waals surface area contributed by atoms with E-state index in [2.05, 4.69) is 15.6 Å². The minimum absolute atomic E-state index is 0.0472. The van der Waals surface area contributed by atoms with E-state index in [4.69, 9.17) is 5.73 Å². The Labute approximate surface area is 179 Å². The minimum Gasteiger partial charge on any atom is -0.404 e. The first-order valence-electron chi connectivity index (χ1n) is 10.2. The summed E-state index contributed by atoms with van der Waals surface area (Å²) in [5, 5.41) is 6.34. The van der Waals surface area contributed by atoms with E-state index in [1.807, 2.05) is 30.0 Å². The number of alkyl halides is 2. The molecule has 2 aliphatic rings. The molecule has 0 saturated heterocycles. The summed E-state index contributed by atoms with van der Waals surface area (Å²) in [6.45, 7) is 2.59. The summed E-state index contributed by atoms with van der Waals surface area (Å²) in [6, 6.07) is 8.93. The lowest BCUT2D eigenvalue weighted by atomic mass is 9.96. The largest absolute Gasteiger partial charge is 0.404 e. The molecule has 162 valence electrons. The number of rotatable bonds is 4. The maximum Gasteiger partial charge on any atom is 0.264 e. The Hall–Kier alpha value is -3.42. The van der Waals surface area contributed by atoms with Crippen molar-refractivity contribution in [3.05, 3.63) is 53.2 Å². The number of aliphatic imine (C=N–C) groups is 1. The molecule has 31 heavy (non-hydrogen) atoms. The third-order valence-corrected chi connectivity index (χ3v) is 5.63. The molecule has 0 aromatic heterocycles. The number of para-hydroxylation sites is 1. The van der Waals surface area contributed by atoms with Gasteiger partial charge in [0.25, 0.3) is 6.43 Å². The highest BCUT2D eigenvalue weighted by atomic mass is 19.3. The van der Waals surface area contributed by atoms with Gasteiger partial charge >= 0.3 is 0 Å². The summed E-state index contributed by atoms with van der Waals surface area (Å²) in [5.74, 6) is -0.0546. The molecule has 4 rings (SSSR count). The fourth-order valence-electron chi connectivity index (χ4n) is 4.27. The molecule has 0 aliphatic carbocycles. The van der Waals surface area contributed by atoms with Crippen LogP contribution in [-0.2, 0) is 11.2 Å². The van der Waals surface area contributed by atoms with Gasteiger partial charge < -0.3 is 21.3 Å². The van der Waals surface area contributed by atoms with E-state index in [1.54, 1.807) is 19.2 Å². The molecule has 6 nitrogen and oxygen atoms in total. The summed E-state index contributed by atoms with van der Waals surface area (Å²) in [6.07, 6.45) is 1.20. The van der Waals surface area contributed by atoms with Crippen LogP contribution >= 0.6 is 0 Å². The molecule has 4 N–H and O–H groups in total. The van der Waals surface area contributed by atoms with Crippen LogP contribution in [0.2, 0.25) is 0 Å². The molecule has 2 aromatic rings. The molecule has 0 saturated carbocycles. The molecule has 8 heteroatoms. The number of hydrogen-bond acceptors (Lipinski definition) is 5. The van der Waals surface area contributed by atoms with Crippen LogP contribution < -0.4 is 21.3 Å². The second-order valence-electron chi connectivity index (χ2n) is 7.78. The zero-order valence-corrected chi connectivity index (χ0v) is 17.5. The summed E-state index contributed by atoms with van der Waals surface area (Å²) in [5.41, 5.74) is 10.5. The second kappa shape index (κ2) is 8.37. The van der Waals surface area contributed by atoms with Crippen molar-refractivity contribution >= 4 is 40.4 Å². The number of halogens is 2. The fourth-order valence-corrected chi connectivity index (χ4v) is 4.27. The van der Waals surface area contributed by atoms with Gasteiger partial charge in [-0.25, -0.2) is 8.78 Å². The van der Waals surface area contributed by atoms with Crippen LogP contribution in [0.15, 0.2) is 41.5 Å². The van der Waals surface area contributed by atoms with Crippen molar-refractivity contribution in [1.82, 2.24) is 0 Å². The molecular formula is C23H25F2N5O.